The van der Waals surface area contributed by atoms with Crippen LogP contribution >= 0.6 is 0 Å². The van der Waals surface area contributed by atoms with Gasteiger partial charge in [-0.05, 0) is 57.2 Å². The number of ether oxygens (including phenoxy) is 2. The fourth-order valence-electron chi connectivity index (χ4n) is 3.32. The first kappa shape index (κ1) is 21.3. The average Bonchev–Trinajstić information content (AvgIpc) is 2.68. The monoisotopic (exact) mass is 418 g/mol. The SMILES string of the molecule is CCOc1ccccc1C(=O)Nc1ccc(S(=O)(=O)N2C[C@@H](C)O[C@H](C)C2)cc1. The molecule has 1 amide bonds. The molecule has 1 aliphatic rings. The summed E-state index contributed by atoms with van der Waals surface area (Å²) in [6.45, 7) is 6.66. The second-order valence-electron chi connectivity index (χ2n) is 6.99. The highest BCUT2D eigenvalue weighted by Gasteiger charge is 2.32. The molecule has 0 aromatic heterocycles. The van der Waals surface area contributed by atoms with E-state index in [9.17, 15) is 13.2 Å². The van der Waals surface area contributed by atoms with E-state index >= 15 is 0 Å². The number of hydrogen-bond donors (Lipinski definition) is 1. The molecular formula is C21H26N2O5S. The quantitative estimate of drug-likeness (QED) is 0.779. The van der Waals surface area contributed by atoms with Crippen LogP contribution in [0, 0.1) is 0 Å². The highest BCUT2D eigenvalue weighted by atomic mass is 32.2. The molecule has 1 fully saturated rings. The van der Waals surface area contributed by atoms with Gasteiger partial charge in [-0.2, -0.15) is 4.31 Å². The predicted molar refractivity (Wildman–Crippen MR) is 111 cm³/mol. The number of nitrogens with one attached hydrogen (secondary N) is 1. The normalized spacial score (nSPS) is 20.2. The van der Waals surface area contributed by atoms with E-state index in [2.05, 4.69) is 5.32 Å². The molecule has 0 bridgehead atoms. The minimum atomic E-state index is -3.62. The van der Waals surface area contributed by atoms with Gasteiger partial charge in [0.1, 0.15) is 5.75 Å². The maximum atomic E-state index is 12.9. The third-order valence-electron chi connectivity index (χ3n) is 4.57. The Bertz CT molecular complexity index is 949. The molecule has 1 heterocycles. The van der Waals surface area contributed by atoms with Crippen LogP contribution in [0.4, 0.5) is 5.69 Å². The first-order chi connectivity index (χ1) is 13.8. The number of sulfonamides is 1. The lowest BCUT2D eigenvalue weighted by Crippen LogP contribution is -2.48. The smallest absolute Gasteiger partial charge is 0.259 e. The van der Waals surface area contributed by atoms with Gasteiger partial charge in [-0.1, -0.05) is 12.1 Å². The van der Waals surface area contributed by atoms with Crippen LogP contribution in [0.1, 0.15) is 31.1 Å². The van der Waals surface area contributed by atoms with Crippen molar-refractivity contribution in [1.29, 1.82) is 0 Å². The van der Waals surface area contributed by atoms with E-state index in [1.54, 1.807) is 36.4 Å². The summed E-state index contributed by atoms with van der Waals surface area (Å²) in [5.41, 5.74) is 0.923. The van der Waals surface area contributed by atoms with Crippen LogP contribution in [0.15, 0.2) is 53.4 Å². The van der Waals surface area contributed by atoms with Crippen LogP contribution in [0.5, 0.6) is 5.75 Å². The summed E-state index contributed by atoms with van der Waals surface area (Å²) in [6, 6.07) is 13.2. The number of carbonyl (C=O) groups is 1. The number of nitrogens with zero attached hydrogens (tertiary/aromatic N) is 1. The number of morpholine rings is 1. The maximum Gasteiger partial charge on any atom is 0.259 e. The van der Waals surface area contributed by atoms with Crippen molar-refractivity contribution in [2.24, 2.45) is 0 Å². The summed E-state index contributed by atoms with van der Waals surface area (Å²) in [7, 11) is -3.62. The van der Waals surface area contributed by atoms with Crippen molar-refractivity contribution in [2.75, 3.05) is 25.0 Å². The van der Waals surface area contributed by atoms with Crippen molar-refractivity contribution in [1.82, 2.24) is 4.31 Å². The van der Waals surface area contributed by atoms with Crippen LogP contribution in [-0.4, -0.2) is 50.5 Å². The van der Waals surface area contributed by atoms with E-state index in [0.29, 0.717) is 36.7 Å². The summed E-state index contributed by atoms with van der Waals surface area (Å²) >= 11 is 0. The van der Waals surface area contributed by atoms with Gasteiger partial charge in [0, 0.05) is 18.8 Å². The predicted octanol–water partition coefficient (Wildman–Crippen LogP) is 3.14. The number of amides is 1. The third-order valence-corrected chi connectivity index (χ3v) is 6.41. The fraction of sp³-hybridized carbons (Fsp3) is 0.381. The molecule has 2 aromatic rings. The van der Waals surface area contributed by atoms with Crippen LogP contribution in [-0.2, 0) is 14.8 Å². The van der Waals surface area contributed by atoms with Gasteiger partial charge < -0.3 is 14.8 Å². The number of rotatable bonds is 6. The molecule has 0 unspecified atom stereocenters. The fourth-order valence-corrected chi connectivity index (χ4v) is 4.91. The first-order valence-electron chi connectivity index (χ1n) is 9.60. The Morgan fingerprint density at radius 3 is 2.34 bits per heavy atom. The minimum absolute atomic E-state index is 0.155. The molecule has 156 valence electrons. The Morgan fingerprint density at radius 2 is 1.72 bits per heavy atom. The van der Waals surface area contributed by atoms with Crippen molar-refractivity contribution in [2.45, 2.75) is 37.9 Å². The highest BCUT2D eigenvalue weighted by molar-refractivity contribution is 7.89. The Balaban J connectivity index is 1.74. The van der Waals surface area contributed by atoms with Gasteiger partial charge in [0.2, 0.25) is 10.0 Å². The van der Waals surface area contributed by atoms with Gasteiger partial charge in [0.25, 0.3) is 5.91 Å². The standard InChI is InChI=1S/C21H26N2O5S/c1-4-27-20-8-6-5-7-19(20)21(24)22-17-9-11-18(12-10-17)29(25,26)23-13-15(2)28-16(3)14-23/h5-12,15-16H,4,13-14H2,1-3H3,(H,22,24)/t15-,16-/m1/s1. The second kappa shape index (κ2) is 8.94. The van der Waals surface area contributed by atoms with Crippen molar-refractivity contribution in [3.05, 3.63) is 54.1 Å². The summed E-state index contributed by atoms with van der Waals surface area (Å²) < 4.78 is 38.4. The molecule has 0 spiro atoms. The Kier molecular flexibility index (Phi) is 6.56. The number of hydrogen-bond acceptors (Lipinski definition) is 5. The van der Waals surface area contributed by atoms with E-state index in [0.717, 1.165) is 0 Å². The zero-order valence-electron chi connectivity index (χ0n) is 16.8. The molecule has 1 N–H and O–H groups in total. The Morgan fingerprint density at radius 1 is 1.10 bits per heavy atom. The third kappa shape index (κ3) is 4.95. The Hall–Kier alpha value is -2.42. The molecule has 0 aliphatic carbocycles. The maximum absolute atomic E-state index is 12.9. The first-order valence-corrected chi connectivity index (χ1v) is 11.0. The minimum Gasteiger partial charge on any atom is -0.493 e. The average molecular weight is 419 g/mol. The lowest BCUT2D eigenvalue weighted by Gasteiger charge is -2.34. The molecule has 2 aromatic carbocycles. The van der Waals surface area contributed by atoms with Gasteiger partial charge in [0.15, 0.2) is 0 Å². The van der Waals surface area contributed by atoms with E-state index in [-0.39, 0.29) is 23.0 Å². The molecule has 8 heteroatoms. The van der Waals surface area contributed by atoms with Crippen LogP contribution in [0.25, 0.3) is 0 Å². The van der Waals surface area contributed by atoms with Crippen molar-refractivity contribution >= 4 is 21.6 Å². The van der Waals surface area contributed by atoms with Gasteiger partial charge in [-0.3, -0.25) is 4.79 Å². The molecular weight excluding hydrogens is 392 g/mol. The van der Waals surface area contributed by atoms with E-state index in [1.807, 2.05) is 20.8 Å². The van der Waals surface area contributed by atoms with Gasteiger partial charge in [0.05, 0.1) is 29.3 Å². The topological polar surface area (TPSA) is 84.9 Å². The van der Waals surface area contributed by atoms with Crippen LogP contribution in [0.3, 0.4) is 0 Å². The summed E-state index contributed by atoms with van der Waals surface area (Å²) in [5, 5.41) is 2.78. The molecule has 7 nitrogen and oxygen atoms in total. The molecule has 1 aliphatic heterocycles. The zero-order valence-corrected chi connectivity index (χ0v) is 17.6. The number of benzene rings is 2. The lowest BCUT2D eigenvalue weighted by atomic mass is 10.2. The number of para-hydroxylation sites is 1. The van der Waals surface area contributed by atoms with Gasteiger partial charge >= 0.3 is 0 Å². The zero-order chi connectivity index (χ0) is 21.0. The summed E-state index contributed by atoms with van der Waals surface area (Å²) in [6.07, 6.45) is -0.310. The molecule has 0 saturated carbocycles. The van der Waals surface area contributed by atoms with E-state index in [1.165, 1.54) is 16.4 Å². The lowest BCUT2D eigenvalue weighted by molar-refractivity contribution is -0.0440. The van der Waals surface area contributed by atoms with E-state index < -0.39 is 10.0 Å². The van der Waals surface area contributed by atoms with Crippen molar-refractivity contribution in [3.63, 3.8) is 0 Å². The molecule has 0 radical (unpaired) electrons. The summed E-state index contributed by atoms with van der Waals surface area (Å²) in [4.78, 5) is 12.8. The second-order valence-corrected chi connectivity index (χ2v) is 8.92. The van der Waals surface area contributed by atoms with Crippen LogP contribution in [0.2, 0.25) is 0 Å². The van der Waals surface area contributed by atoms with Gasteiger partial charge in [-0.15, -0.1) is 0 Å². The number of anilines is 1. The number of carbonyl (C=O) groups excluding carboxylic acids is 1. The van der Waals surface area contributed by atoms with Crippen molar-refractivity contribution < 1.29 is 22.7 Å². The molecule has 3 rings (SSSR count). The van der Waals surface area contributed by atoms with Crippen molar-refractivity contribution in [3.8, 4) is 5.75 Å². The van der Waals surface area contributed by atoms with Gasteiger partial charge in [-0.25, -0.2) is 8.42 Å². The summed E-state index contributed by atoms with van der Waals surface area (Å²) in [5.74, 6) is 0.183. The van der Waals surface area contributed by atoms with E-state index in [4.69, 9.17) is 9.47 Å². The highest BCUT2D eigenvalue weighted by Crippen LogP contribution is 2.24. The largest absolute Gasteiger partial charge is 0.493 e. The molecule has 2 atom stereocenters. The van der Waals surface area contributed by atoms with Crippen LogP contribution < -0.4 is 10.1 Å². The molecule has 1 saturated heterocycles. The molecule has 29 heavy (non-hydrogen) atoms. The Labute approximate surface area is 171 Å².